The van der Waals surface area contributed by atoms with Gasteiger partial charge in [0.15, 0.2) is 0 Å². The van der Waals surface area contributed by atoms with E-state index in [-0.39, 0.29) is 0 Å². The van der Waals surface area contributed by atoms with Gasteiger partial charge in [-0.25, -0.2) is 0 Å². The highest BCUT2D eigenvalue weighted by Crippen LogP contribution is 1.92. The molecule has 0 radical (unpaired) electrons. The third kappa shape index (κ3) is 2.04. The van der Waals surface area contributed by atoms with Gasteiger partial charge < -0.3 is 5.32 Å². The van der Waals surface area contributed by atoms with E-state index in [4.69, 9.17) is 0 Å². The minimum atomic E-state index is 0.874. The first-order valence-electron chi connectivity index (χ1n) is 2.81. The molecular weight excluding hydrogens is 102 g/mol. The first kappa shape index (κ1) is 5.72. The van der Waals surface area contributed by atoms with Crippen LogP contribution in [0.15, 0.2) is 4.99 Å². The molecule has 0 spiro atoms. The molecule has 0 aromatic heterocycles. The lowest BCUT2D eigenvalue weighted by Gasteiger charge is -1.95. The zero-order valence-electron chi connectivity index (χ0n) is 5.07. The van der Waals surface area contributed by atoms with Gasteiger partial charge in [-0.15, -0.1) is 0 Å². The minimum absolute atomic E-state index is 0.874. The lowest BCUT2D eigenvalue weighted by Crippen LogP contribution is -2.28. The number of nitrogens with zero attached hydrogens (tertiary/aromatic N) is 1. The monoisotopic (exact) mass is 113 g/mol. The number of aliphatic imine (C=N–C) groups is 1. The van der Waals surface area contributed by atoms with Crippen LogP contribution in [-0.4, -0.2) is 32.5 Å². The van der Waals surface area contributed by atoms with Crippen molar-refractivity contribution in [3.63, 3.8) is 0 Å². The summed E-state index contributed by atoms with van der Waals surface area (Å²) in [5, 5.41) is 6.14. The summed E-state index contributed by atoms with van der Waals surface area (Å²) in [5.41, 5.74) is 1.29. The molecule has 3 heteroatoms. The van der Waals surface area contributed by atoms with Crippen LogP contribution in [0.3, 0.4) is 0 Å². The van der Waals surface area contributed by atoms with E-state index in [1.807, 2.05) is 7.05 Å². The largest absolute Gasteiger partial charge is 0.308 e. The van der Waals surface area contributed by atoms with Crippen molar-refractivity contribution in [3.05, 3.63) is 0 Å². The zero-order valence-corrected chi connectivity index (χ0v) is 5.07. The van der Waals surface area contributed by atoms with Gasteiger partial charge >= 0.3 is 0 Å². The topological polar surface area (TPSA) is 36.4 Å². The van der Waals surface area contributed by atoms with Crippen LogP contribution in [0.25, 0.3) is 0 Å². The summed E-state index contributed by atoms with van der Waals surface area (Å²) >= 11 is 0. The lowest BCUT2D eigenvalue weighted by molar-refractivity contribution is 0.686. The first-order chi connectivity index (χ1) is 3.93. The highest BCUT2D eigenvalue weighted by molar-refractivity contribution is 5.98. The van der Waals surface area contributed by atoms with Crippen molar-refractivity contribution >= 4 is 5.71 Å². The van der Waals surface area contributed by atoms with E-state index in [2.05, 4.69) is 15.6 Å². The maximum Gasteiger partial charge on any atom is 0.0782 e. The maximum atomic E-state index is 4.00. The van der Waals surface area contributed by atoms with Crippen molar-refractivity contribution < 1.29 is 0 Å². The van der Waals surface area contributed by atoms with Gasteiger partial charge in [0.25, 0.3) is 0 Å². The minimum Gasteiger partial charge on any atom is -0.308 e. The Morgan fingerprint density at radius 1 is 1.75 bits per heavy atom. The number of hydrogen-bond donors (Lipinski definition) is 2. The molecule has 0 fully saturated rings. The SMILES string of the molecule is CNCNCC1=NC1. The molecule has 0 saturated carbocycles. The van der Waals surface area contributed by atoms with Gasteiger partial charge in [0.1, 0.15) is 0 Å². The summed E-state index contributed by atoms with van der Waals surface area (Å²) in [6, 6.07) is 0. The van der Waals surface area contributed by atoms with Crippen molar-refractivity contribution in [2.24, 2.45) is 4.99 Å². The summed E-state index contributed by atoms with van der Waals surface area (Å²) < 4.78 is 0. The van der Waals surface area contributed by atoms with Gasteiger partial charge in [0, 0.05) is 18.9 Å². The molecule has 46 valence electrons. The van der Waals surface area contributed by atoms with Gasteiger partial charge in [-0.1, -0.05) is 0 Å². The second-order valence-corrected chi connectivity index (χ2v) is 1.84. The zero-order chi connectivity index (χ0) is 5.82. The van der Waals surface area contributed by atoms with Crippen molar-refractivity contribution in [1.29, 1.82) is 0 Å². The number of nitrogens with one attached hydrogen (secondary N) is 2. The molecule has 0 bridgehead atoms. The Morgan fingerprint density at radius 2 is 2.50 bits per heavy atom. The van der Waals surface area contributed by atoms with Crippen LogP contribution in [-0.2, 0) is 0 Å². The van der Waals surface area contributed by atoms with E-state index < -0.39 is 0 Å². The predicted molar refractivity (Wildman–Crippen MR) is 34.2 cm³/mol. The standard InChI is InChI=1S/C5H11N3/c1-6-4-7-2-5-3-8-5/h6-7H,2-4H2,1H3. The fraction of sp³-hybridized carbons (Fsp3) is 0.800. The molecule has 0 amide bonds. The Kier molecular flexibility index (Phi) is 2.00. The molecule has 0 aromatic carbocycles. The smallest absolute Gasteiger partial charge is 0.0782 e. The van der Waals surface area contributed by atoms with Crippen LogP contribution in [0, 0.1) is 0 Å². The highest BCUT2D eigenvalue weighted by atomic mass is 15.1. The fourth-order valence-electron chi connectivity index (χ4n) is 0.499. The van der Waals surface area contributed by atoms with Gasteiger partial charge in [-0.2, -0.15) is 0 Å². The molecule has 0 atom stereocenters. The summed E-state index contributed by atoms with van der Waals surface area (Å²) in [6.07, 6.45) is 0. The maximum absolute atomic E-state index is 4.00. The van der Waals surface area contributed by atoms with E-state index >= 15 is 0 Å². The fourth-order valence-corrected chi connectivity index (χ4v) is 0.499. The normalized spacial score (nSPS) is 15.9. The third-order valence-corrected chi connectivity index (χ3v) is 1.01. The third-order valence-electron chi connectivity index (χ3n) is 1.01. The molecule has 1 heterocycles. The van der Waals surface area contributed by atoms with Crippen molar-refractivity contribution in [1.82, 2.24) is 10.6 Å². The molecule has 8 heavy (non-hydrogen) atoms. The second kappa shape index (κ2) is 2.79. The Labute approximate surface area is 49.2 Å². The molecule has 0 unspecified atom stereocenters. The van der Waals surface area contributed by atoms with Crippen molar-refractivity contribution in [2.75, 3.05) is 26.8 Å². The van der Waals surface area contributed by atoms with Crippen LogP contribution < -0.4 is 10.6 Å². The Balaban J connectivity index is 1.81. The molecule has 2 N–H and O–H groups in total. The van der Waals surface area contributed by atoms with Crippen LogP contribution in [0.1, 0.15) is 0 Å². The molecule has 0 aliphatic carbocycles. The van der Waals surface area contributed by atoms with E-state index in [0.29, 0.717) is 0 Å². The Hall–Kier alpha value is -0.410. The number of hydrogen-bond acceptors (Lipinski definition) is 3. The summed E-state index contributed by atoms with van der Waals surface area (Å²) in [5.74, 6) is 0. The second-order valence-electron chi connectivity index (χ2n) is 1.84. The highest BCUT2D eigenvalue weighted by Gasteiger charge is 2.06. The van der Waals surface area contributed by atoms with Gasteiger partial charge in [0.2, 0.25) is 0 Å². The van der Waals surface area contributed by atoms with E-state index in [0.717, 1.165) is 19.8 Å². The van der Waals surface area contributed by atoms with E-state index in [1.54, 1.807) is 0 Å². The average molecular weight is 113 g/mol. The summed E-state index contributed by atoms with van der Waals surface area (Å²) in [6.45, 7) is 2.82. The molecule has 0 aromatic rings. The van der Waals surface area contributed by atoms with Crippen LogP contribution in [0.5, 0.6) is 0 Å². The predicted octanol–water partition coefficient (Wildman–Crippen LogP) is -0.792. The van der Waals surface area contributed by atoms with Crippen LogP contribution in [0.2, 0.25) is 0 Å². The molecule has 1 rings (SSSR count). The Morgan fingerprint density at radius 3 is 3.00 bits per heavy atom. The van der Waals surface area contributed by atoms with Crippen LogP contribution in [0.4, 0.5) is 0 Å². The van der Waals surface area contributed by atoms with Crippen molar-refractivity contribution in [2.45, 2.75) is 0 Å². The molecule has 1 aliphatic heterocycles. The Bertz CT molecular complexity index is 97.8. The lowest BCUT2D eigenvalue weighted by atomic mass is 10.5. The summed E-state index contributed by atoms with van der Waals surface area (Å²) in [4.78, 5) is 4.00. The molecule has 3 nitrogen and oxygen atoms in total. The molecule has 1 aliphatic rings. The van der Waals surface area contributed by atoms with Gasteiger partial charge in [-0.3, -0.25) is 10.3 Å². The van der Waals surface area contributed by atoms with E-state index in [1.165, 1.54) is 5.71 Å². The average Bonchev–Trinajstić information content (AvgIpc) is 2.51. The van der Waals surface area contributed by atoms with E-state index in [9.17, 15) is 0 Å². The van der Waals surface area contributed by atoms with Crippen molar-refractivity contribution in [3.8, 4) is 0 Å². The van der Waals surface area contributed by atoms with Gasteiger partial charge in [0.05, 0.1) is 6.54 Å². The quantitative estimate of drug-likeness (QED) is 0.370. The van der Waals surface area contributed by atoms with Crippen LogP contribution >= 0.6 is 0 Å². The first-order valence-corrected chi connectivity index (χ1v) is 2.81. The van der Waals surface area contributed by atoms with Gasteiger partial charge in [-0.05, 0) is 7.05 Å². The number of rotatable bonds is 4. The molecular formula is C5H11N3. The summed E-state index contributed by atoms with van der Waals surface area (Å²) in [7, 11) is 1.92. The molecule has 0 saturated heterocycles.